The van der Waals surface area contributed by atoms with Crippen LogP contribution >= 0.6 is 0 Å². The summed E-state index contributed by atoms with van der Waals surface area (Å²) in [5.41, 5.74) is 3.58. The number of nitrogens with zero attached hydrogens (tertiary/aromatic N) is 3. The van der Waals surface area contributed by atoms with Crippen LogP contribution in [0.25, 0.3) is 0 Å². The van der Waals surface area contributed by atoms with Crippen molar-refractivity contribution in [2.24, 2.45) is 4.99 Å². The van der Waals surface area contributed by atoms with Crippen LogP contribution in [-0.4, -0.2) is 68.2 Å². The molecule has 7 nitrogen and oxygen atoms in total. The first-order valence-corrected chi connectivity index (χ1v) is 13.0. The van der Waals surface area contributed by atoms with Gasteiger partial charge in [0.2, 0.25) is 5.91 Å². The Morgan fingerprint density at radius 1 is 1.17 bits per heavy atom. The van der Waals surface area contributed by atoms with Gasteiger partial charge in [-0.3, -0.25) is 9.79 Å². The van der Waals surface area contributed by atoms with Gasteiger partial charge in [0.15, 0.2) is 0 Å². The third-order valence-corrected chi connectivity index (χ3v) is 8.50. The highest BCUT2D eigenvalue weighted by atomic mass is 16.5. The lowest BCUT2D eigenvalue weighted by Crippen LogP contribution is -2.57. The molecule has 1 amide bonds. The first-order valence-electron chi connectivity index (χ1n) is 13.0. The Morgan fingerprint density at radius 3 is 2.80 bits per heavy atom. The summed E-state index contributed by atoms with van der Waals surface area (Å²) in [5, 5.41) is 6.73. The molecular formula is C28H35N5O2. The molecule has 2 aromatic carbocycles. The first-order chi connectivity index (χ1) is 17.2. The molecule has 1 aliphatic carbocycles. The van der Waals surface area contributed by atoms with Crippen LogP contribution in [0, 0.1) is 0 Å². The summed E-state index contributed by atoms with van der Waals surface area (Å²) < 4.78 is 5.42. The van der Waals surface area contributed by atoms with Crippen molar-refractivity contribution < 1.29 is 9.53 Å². The zero-order valence-electron chi connectivity index (χ0n) is 20.5. The van der Waals surface area contributed by atoms with E-state index in [1.54, 1.807) is 7.11 Å². The topological polar surface area (TPSA) is 69.2 Å². The summed E-state index contributed by atoms with van der Waals surface area (Å²) in [6.45, 7) is 4.35. The van der Waals surface area contributed by atoms with Crippen molar-refractivity contribution in [3.63, 3.8) is 0 Å². The molecule has 184 valence electrons. The monoisotopic (exact) mass is 473 g/mol. The molecule has 2 N–H and O–H groups in total. The van der Waals surface area contributed by atoms with E-state index < -0.39 is 5.54 Å². The number of likely N-dealkylation sites (tertiary alicyclic amines) is 1. The van der Waals surface area contributed by atoms with Gasteiger partial charge < -0.3 is 25.2 Å². The highest BCUT2D eigenvalue weighted by molar-refractivity contribution is 5.93. The van der Waals surface area contributed by atoms with Gasteiger partial charge in [0.1, 0.15) is 11.3 Å². The standard InChI is InChI=1S/C28H35N5O2/c1-35-22-8-9-23-20(17-22)7-10-25-24(23)18-26(31-25)29-13-16-32-14-11-28(12-15-32)27(34)30-19-33(28)21-5-3-2-4-6-21/h2-6,8-9,17,24-25H,7,10-16,18-19H2,1H3,(H,29,31)(H,30,34)/t24-,25+/m0/s1. The fraction of sp³-hybridized carbons (Fsp3) is 0.500. The van der Waals surface area contributed by atoms with Crippen molar-refractivity contribution in [1.82, 2.24) is 15.5 Å². The van der Waals surface area contributed by atoms with E-state index >= 15 is 0 Å². The van der Waals surface area contributed by atoms with Crippen LogP contribution in [0.5, 0.6) is 5.75 Å². The predicted octanol–water partition coefficient (Wildman–Crippen LogP) is 2.91. The van der Waals surface area contributed by atoms with Gasteiger partial charge in [0.25, 0.3) is 0 Å². The average Bonchev–Trinajstić information content (AvgIpc) is 3.46. The number of amides is 1. The van der Waals surface area contributed by atoms with Gasteiger partial charge >= 0.3 is 0 Å². The number of anilines is 1. The molecule has 3 heterocycles. The number of aliphatic imine (C=N–C) groups is 1. The van der Waals surface area contributed by atoms with Crippen LogP contribution < -0.4 is 20.3 Å². The van der Waals surface area contributed by atoms with Crippen LogP contribution in [0.1, 0.15) is 42.7 Å². The Bertz CT molecular complexity index is 1110. The molecule has 7 heteroatoms. The molecule has 2 saturated heterocycles. The van der Waals surface area contributed by atoms with Gasteiger partial charge in [-0.15, -0.1) is 0 Å². The van der Waals surface area contributed by atoms with E-state index in [-0.39, 0.29) is 5.91 Å². The minimum absolute atomic E-state index is 0.181. The number of benzene rings is 2. The molecule has 1 spiro atoms. The maximum atomic E-state index is 12.9. The van der Waals surface area contributed by atoms with E-state index in [0.29, 0.717) is 18.6 Å². The first kappa shape index (κ1) is 22.4. The van der Waals surface area contributed by atoms with Gasteiger partial charge in [-0.05, 0) is 61.1 Å². The Balaban J connectivity index is 1.02. The number of piperidine rings is 1. The number of ether oxygens (including phenoxy) is 1. The largest absolute Gasteiger partial charge is 0.497 e. The molecular weight excluding hydrogens is 438 g/mol. The summed E-state index contributed by atoms with van der Waals surface area (Å²) in [6, 6.07) is 17.2. The van der Waals surface area contributed by atoms with Gasteiger partial charge in [-0.25, -0.2) is 0 Å². The Morgan fingerprint density at radius 2 is 2.00 bits per heavy atom. The van der Waals surface area contributed by atoms with Crippen molar-refractivity contribution in [2.45, 2.75) is 49.6 Å². The number of amidine groups is 1. The maximum Gasteiger partial charge on any atom is 0.247 e. The van der Waals surface area contributed by atoms with Gasteiger partial charge in [0, 0.05) is 44.2 Å². The van der Waals surface area contributed by atoms with E-state index in [1.165, 1.54) is 11.1 Å². The normalized spacial score (nSPS) is 25.1. The minimum Gasteiger partial charge on any atom is -0.497 e. The van der Waals surface area contributed by atoms with Crippen molar-refractivity contribution in [2.75, 3.05) is 44.9 Å². The fourth-order valence-electron chi connectivity index (χ4n) is 6.52. The Kier molecular flexibility index (Phi) is 5.88. The zero-order chi connectivity index (χ0) is 23.8. The molecule has 0 radical (unpaired) electrons. The molecule has 2 fully saturated rings. The number of aryl methyl sites for hydroxylation is 1. The molecule has 0 unspecified atom stereocenters. The van der Waals surface area contributed by atoms with Crippen molar-refractivity contribution in [3.8, 4) is 5.75 Å². The third-order valence-electron chi connectivity index (χ3n) is 8.50. The van der Waals surface area contributed by atoms with Crippen molar-refractivity contribution in [3.05, 3.63) is 59.7 Å². The van der Waals surface area contributed by atoms with E-state index in [0.717, 1.165) is 75.6 Å². The smallest absolute Gasteiger partial charge is 0.247 e. The number of methoxy groups -OCH3 is 1. The predicted molar refractivity (Wildman–Crippen MR) is 138 cm³/mol. The van der Waals surface area contributed by atoms with Gasteiger partial charge in [-0.1, -0.05) is 24.3 Å². The molecule has 6 rings (SSSR count). The summed E-state index contributed by atoms with van der Waals surface area (Å²) in [7, 11) is 1.73. The van der Waals surface area contributed by atoms with Crippen molar-refractivity contribution >= 4 is 17.4 Å². The lowest BCUT2D eigenvalue weighted by atomic mass is 9.79. The summed E-state index contributed by atoms with van der Waals surface area (Å²) >= 11 is 0. The van der Waals surface area contributed by atoms with Crippen molar-refractivity contribution in [1.29, 1.82) is 0 Å². The number of hydrogen-bond donors (Lipinski definition) is 2. The lowest BCUT2D eigenvalue weighted by molar-refractivity contribution is -0.125. The SMILES string of the molecule is COc1ccc2c(c1)CC[C@H]1N=C(NCCN3CCC4(CC3)C(=O)NCN4c3ccccc3)C[C@@H]21. The van der Waals surface area contributed by atoms with Crippen LogP contribution in [-0.2, 0) is 11.2 Å². The van der Waals surface area contributed by atoms with Crippen LogP contribution in [0.15, 0.2) is 53.5 Å². The molecule has 0 aromatic heterocycles. The van der Waals surface area contributed by atoms with E-state index in [4.69, 9.17) is 9.73 Å². The molecule has 3 aliphatic heterocycles. The number of para-hydroxylation sites is 1. The second kappa shape index (κ2) is 9.19. The summed E-state index contributed by atoms with van der Waals surface area (Å²) in [5.74, 6) is 2.78. The Labute approximate surface area is 207 Å². The number of rotatable bonds is 5. The fourth-order valence-corrected chi connectivity index (χ4v) is 6.52. The van der Waals surface area contributed by atoms with E-state index in [9.17, 15) is 4.79 Å². The van der Waals surface area contributed by atoms with Gasteiger partial charge in [-0.2, -0.15) is 0 Å². The van der Waals surface area contributed by atoms with Crippen LogP contribution in [0.2, 0.25) is 0 Å². The molecule has 2 aromatic rings. The molecule has 0 bridgehead atoms. The highest BCUT2D eigenvalue weighted by Crippen LogP contribution is 2.41. The zero-order valence-corrected chi connectivity index (χ0v) is 20.5. The highest BCUT2D eigenvalue weighted by Gasteiger charge is 2.50. The number of fused-ring (bicyclic) bond motifs is 3. The molecule has 35 heavy (non-hydrogen) atoms. The summed E-state index contributed by atoms with van der Waals surface area (Å²) in [4.78, 5) is 22.7. The molecule has 4 aliphatic rings. The van der Waals surface area contributed by atoms with E-state index in [1.807, 2.05) is 18.2 Å². The number of carbonyl (C=O) groups excluding carboxylic acids is 1. The number of carbonyl (C=O) groups is 1. The second-order valence-corrected chi connectivity index (χ2v) is 10.3. The molecule has 2 atom stereocenters. The average molecular weight is 474 g/mol. The third kappa shape index (κ3) is 4.05. The Hall–Kier alpha value is -3.06. The van der Waals surface area contributed by atoms with Gasteiger partial charge in [0.05, 0.1) is 25.7 Å². The quantitative estimate of drug-likeness (QED) is 0.699. The van der Waals surface area contributed by atoms with Crippen LogP contribution in [0.4, 0.5) is 5.69 Å². The minimum atomic E-state index is -0.410. The second-order valence-electron chi connectivity index (χ2n) is 10.3. The van der Waals surface area contributed by atoms with E-state index in [2.05, 4.69) is 50.8 Å². The maximum absolute atomic E-state index is 12.9. The number of hydrogen-bond acceptors (Lipinski definition) is 6. The van der Waals surface area contributed by atoms with Crippen LogP contribution in [0.3, 0.4) is 0 Å². The number of nitrogens with one attached hydrogen (secondary N) is 2. The summed E-state index contributed by atoms with van der Waals surface area (Å²) in [6.07, 6.45) is 4.91. The lowest BCUT2D eigenvalue weighted by Gasteiger charge is -2.43. The molecule has 0 saturated carbocycles.